The zero-order chi connectivity index (χ0) is 25.2. The molecule has 8 heteroatoms. The van der Waals surface area contributed by atoms with Gasteiger partial charge in [0.1, 0.15) is 11.6 Å². The van der Waals surface area contributed by atoms with Crippen molar-refractivity contribution in [1.82, 2.24) is 4.57 Å². The minimum Gasteiger partial charge on any atom is -0.497 e. The molecule has 180 valence electrons. The van der Waals surface area contributed by atoms with Crippen LogP contribution in [0.5, 0.6) is 5.75 Å². The van der Waals surface area contributed by atoms with Crippen LogP contribution in [-0.2, 0) is 4.79 Å². The van der Waals surface area contributed by atoms with Gasteiger partial charge in [0.05, 0.1) is 29.0 Å². The van der Waals surface area contributed by atoms with Gasteiger partial charge in [0.25, 0.3) is 11.5 Å². The number of fused-ring (bicyclic) bond motifs is 1. The Morgan fingerprint density at radius 3 is 2.53 bits per heavy atom. The van der Waals surface area contributed by atoms with Gasteiger partial charge in [0.15, 0.2) is 4.80 Å². The molecule has 1 atom stereocenters. The van der Waals surface area contributed by atoms with E-state index in [2.05, 4.69) is 10.3 Å². The second-order valence-corrected chi connectivity index (χ2v) is 9.24. The highest BCUT2D eigenvalue weighted by Gasteiger charge is 2.32. The highest BCUT2D eigenvalue weighted by Crippen LogP contribution is 2.31. The monoisotopic (exact) mass is 499 g/mol. The molecule has 6 nitrogen and oxygen atoms in total. The van der Waals surface area contributed by atoms with E-state index in [1.54, 1.807) is 56.5 Å². The summed E-state index contributed by atoms with van der Waals surface area (Å²) >= 11 is 1.21. The average molecular weight is 500 g/mol. The lowest BCUT2D eigenvalue weighted by Crippen LogP contribution is -2.40. The highest BCUT2D eigenvalue weighted by atomic mass is 32.1. The number of ether oxygens (including phenoxy) is 1. The maximum Gasteiger partial charge on any atom is 0.271 e. The summed E-state index contributed by atoms with van der Waals surface area (Å²) in [7, 11) is 1.58. The number of para-hydroxylation sites is 1. The Morgan fingerprint density at radius 2 is 1.83 bits per heavy atom. The molecule has 0 bridgehead atoms. The number of methoxy groups -OCH3 is 1. The van der Waals surface area contributed by atoms with E-state index in [4.69, 9.17) is 4.74 Å². The molecule has 0 aliphatic carbocycles. The Hall–Kier alpha value is -4.30. The topological polar surface area (TPSA) is 72.7 Å². The van der Waals surface area contributed by atoms with Crippen LogP contribution in [0.3, 0.4) is 0 Å². The van der Waals surface area contributed by atoms with Gasteiger partial charge in [0.2, 0.25) is 0 Å². The van der Waals surface area contributed by atoms with Gasteiger partial charge in [0, 0.05) is 5.69 Å². The van der Waals surface area contributed by atoms with E-state index < -0.39 is 6.04 Å². The Kier molecular flexibility index (Phi) is 6.35. The minimum atomic E-state index is -0.703. The number of hydrogen-bond acceptors (Lipinski definition) is 5. The van der Waals surface area contributed by atoms with Crippen LogP contribution in [-0.4, -0.2) is 17.6 Å². The molecule has 1 aromatic heterocycles. The summed E-state index contributed by atoms with van der Waals surface area (Å²) in [5.74, 6) is -0.0701. The van der Waals surface area contributed by atoms with E-state index >= 15 is 0 Å². The van der Waals surface area contributed by atoms with Gasteiger partial charge >= 0.3 is 0 Å². The van der Waals surface area contributed by atoms with Crippen molar-refractivity contribution in [1.29, 1.82) is 0 Å². The SMILES string of the molecule is COc1ccc([C@@H]2C(C(=O)Nc3ccccc3)=C(C)N=c3sc(=Cc4cccc(F)c4)c(=O)n32)cc1. The van der Waals surface area contributed by atoms with Gasteiger partial charge < -0.3 is 10.1 Å². The van der Waals surface area contributed by atoms with Crippen molar-refractivity contribution in [3.05, 3.63) is 127 Å². The number of nitrogens with one attached hydrogen (secondary N) is 1. The number of thiazole rings is 1. The summed E-state index contributed by atoms with van der Waals surface area (Å²) in [5.41, 5.74) is 2.53. The summed E-state index contributed by atoms with van der Waals surface area (Å²) < 4.78 is 21.0. The number of anilines is 1. The third-order valence-corrected chi connectivity index (χ3v) is 6.86. The first-order chi connectivity index (χ1) is 17.4. The summed E-state index contributed by atoms with van der Waals surface area (Å²) in [6.45, 7) is 1.76. The Labute approximate surface area is 210 Å². The zero-order valence-corrected chi connectivity index (χ0v) is 20.4. The van der Waals surface area contributed by atoms with Crippen molar-refractivity contribution in [2.45, 2.75) is 13.0 Å². The largest absolute Gasteiger partial charge is 0.497 e. The lowest BCUT2D eigenvalue weighted by molar-refractivity contribution is -0.113. The van der Waals surface area contributed by atoms with Crippen LogP contribution in [0.15, 0.2) is 99.9 Å². The van der Waals surface area contributed by atoms with Crippen LogP contribution in [0.4, 0.5) is 10.1 Å². The molecule has 1 aliphatic heterocycles. The zero-order valence-electron chi connectivity index (χ0n) is 19.6. The van der Waals surface area contributed by atoms with E-state index in [9.17, 15) is 14.0 Å². The standard InChI is InChI=1S/C28H22FN3O3S/c1-17-24(26(33)31-21-9-4-3-5-10-21)25(19-11-13-22(35-2)14-12-19)32-27(34)23(36-28(32)30-17)16-18-7-6-8-20(29)15-18/h3-16,25H,1-2H3,(H,31,33)/t25-/m1/s1. The molecule has 1 aliphatic rings. The molecule has 0 saturated carbocycles. The molecular formula is C28H22FN3O3S. The van der Waals surface area contributed by atoms with Gasteiger partial charge in [-0.1, -0.05) is 53.8 Å². The molecule has 1 amide bonds. The lowest BCUT2D eigenvalue weighted by atomic mass is 9.95. The first-order valence-corrected chi connectivity index (χ1v) is 12.0. The third-order valence-electron chi connectivity index (χ3n) is 5.88. The van der Waals surface area contributed by atoms with Crippen LogP contribution in [0, 0.1) is 5.82 Å². The predicted molar refractivity (Wildman–Crippen MR) is 138 cm³/mol. The molecule has 3 aromatic carbocycles. The van der Waals surface area contributed by atoms with Crippen molar-refractivity contribution in [3.8, 4) is 5.75 Å². The van der Waals surface area contributed by atoms with Crippen LogP contribution < -0.4 is 24.9 Å². The second-order valence-electron chi connectivity index (χ2n) is 8.23. The van der Waals surface area contributed by atoms with Gasteiger partial charge in [-0.2, -0.15) is 0 Å². The van der Waals surface area contributed by atoms with Gasteiger partial charge in [-0.15, -0.1) is 0 Å². The number of hydrogen-bond donors (Lipinski definition) is 1. The number of halogens is 1. The molecule has 0 saturated heterocycles. The molecule has 0 spiro atoms. The predicted octanol–water partition coefficient (Wildman–Crippen LogP) is 4.02. The smallest absolute Gasteiger partial charge is 0.271 e. The fourth-order valence-electron chi connectivity index (χ4n) is 4.18. The van der Waals surface area contributed by atoms with Crippen molar-refractivity contribution in [2.24, 2.45) is 4.99 Å². The Morgan fingerprint density at radius 1 is 1.08 bits per heavy atom. The summed E-state index contributed by atoms with van der Waals surface area (Å²) in [6, 6.07) is 21.7. The first-order valence-electron chi connectivity index (χ1n) is 11.2. The molecular weight excluding hydrogens is 477 g/mol. The molecule has 36 heavy (non-hydrogen) atoms. The van der Waals surface area contributed by atoms with Crippen molar-refractivity contribution >= 4 is 29.0 Å². The highest BCUT2D eigenvalue weighted by molar-refractivity contribution is 7.07. The van der Waals surface area contributed by atoms with E-state index in [1.807, 2.05) is 30.3 Å². The molecule has 0 radical (unpaired) electrons. The normalized spacial score (nSPS) is 15.3. The number of rotatable bonds is 5. The summed E-state index contributed by atoms with van der Waals surface area (Å²) in [4.78, 5) is 32.3. The molecule has 0 fully saturated rings. The number of amides is 1. The van der Waals surface area contributed by atoms with Crippen LogP contribution in [0.25, 0.3) is 6.08 Å². The van der Waals surface area contributed by atoms with E-state index in [0.29, 0.717) is 37.6 Å². The summed E-state index contributed by atoms with van der Waals surface area (Å²) in [6.07, 6.45) is 1.64. The minimum absolute atomic E-state index is 0.304. The van der Waals surface area contributed by atoms with Crippen molar-refractivity contribution in [3.63, 3.8) is 0 Å². The quantitative estimate of drug-likeness (QED) is 0.451. The van der Waals surface area contributed by atoms with Crippen LogP contribution in [0.2, 0.25) is 0 Å². The third kappa shape index (κ3) is 4.50. The number of aromatic nitrogens is 1. The second kappa shape index (κ2) is 9.75. The van der Waals surface area contributed by atoms with Crippen LogP contribution >= 0.6 is 11.3 Å². The van der Waals surface area contributed by atoms with E-state index in [-0.39, 0.29) is 17.3 Å². The van der Waals surface area contributed by atoms with Crippen LogP contribution in [0.1, 0.15) is 24.1 Å². The number of nitrogens with zero attached hydrogens (tertiary/aromatic N) is 2. The van der Waals surface area contributed by atoms with Gasteiger partial charge in [-0.3, -0.25) is 14.2 Å². The fourth-order valence-corrected chi connectivity index (χ4v) is 5.23. The first kappa shape index (κ1) is 23.4. The number of carbonyl (C=O) groups excluding carboxylic acids is 1. The van der Waals surface area contributed by atoms with Crippen molar-refractivity contribution in [2.75, 3.05) is 12.4 Å². The molecule has 1 N–H and O–H groups in total. The van der Waals surface area contributed by atoms with E-state index in [0.717, 1.165) is 5.56 Å². The molecule has 4 aromatic rings. The lowest BCUT2D eigenvalue weighted by Gasteiger charge is -2.25. The molecule has 0 unspecified atom stereocenters. The Bertz CT molecular complexity index is 1650. The summed E-state index contributed by atoms with van der Waals surface area (Å²) in [5, 5.41) is 2.92. The number of carbonyl (C=O) groups is 1. The maximum absolute atomic E-state index is 13.7. The van der Waals surface area contributed by atoms with E-state index in [1.165, 1.54) is 28.0 Å². The number of allylic oxidation sites excluding steroid dienone is 1. The maximum atomic E-state index is 13.7. The Balaban J connectivity index is 1.68. The fraction of sp³-hybridized carbons (Fsp3) is 0.107. The van der Waals surface area contributed by atoms with Crippen molar-refractivity contribution < 1.29 is 13.9 Å². The van der Waals surface area contributed by atoms with Gasteiger partial charge in [-0.05, 0) is 60.5 Å². The molecule has 5 rings (SSSR count). The average Bonchev–Trinajstić information content (AvgIpc) is 3.18. The number of benzene rings is 3. The molecule has 2 heterocycles. The van der Waals surface area contributed by atoms with Gasteiger partial charge in [-0.25, -0.2) is 9.38 Å².